The van der Waals surface area contributed by atoms with Gasteiger partial charge in [0, 0.05) is 5.38 Å². The number of rotatable bonds is 2. The van der Waals surface area contributed by atoms with Gasteiger partial charge in [-0.1, -0.05) is 0 Å². The Kier molecular flexibility index (Phi) is 2.48. The molecule has 0 spiro atoms. The standard InChI is InChI=1S/C10H9NOS2/c1-6-3-4-13-10(6)9(12)8-5-14-7(2)11-8/h3-5H,1-2H3. The van der Waals surface area contributed by atoms with Gasteiger partial charge >= 0.3 is 0 Å². The van der Waals surface area contributed by atoms with Gasteiger partial charge in [0.15, 0.2) is 0 Å². The van der Waals surface area contributed by atoms with Gasteiger partial charge in [0.2, 0.25) is 5.78 Å². The van der Waals surface area contributed by atoms with E-state index in [4.69, 9.17) is 0 Å². The Labute approximate surface area is 90.2 Å². The van der Waals surface area contributed by atoms with Crippen LogP contribution in [0.3, 0.4) is 0 Å². The second kappa shape index (κ2) is 3.63. The monoisotopic (exact) mass is 223 g/mol. The largest absolute Gasteiger partial charge is 0.286 e. The van der Waals surface area contributed by atoms with Crippen molar-refractivity contribution in [2.24, 2.45) is 0 Å². The summed E-state index contributed by atoms with van der Waals surface area (Å²) in [6, 6.07) is 1.96. The fraction of sp³-hybridized carbons (Fsp3) is 0.200. The molecule has 4 heteroatoms. The van der Waals surface area contributed by atoms with Crippen molar-refractivity contribution < 1.29 is 4.79 Å². The van der Waals surface area contributed by atoms with Gasteiger partial charge in [-0.25, -0.2) is 4.98 Å². The van der Waals surface area contributed by atoms with E-state index < -0.39 is 0 Å². The quantitative estimate of drug-likeness (QED) is 0.732. The van der Waals surface area contributed by atoms with E-state index in [2.05, 4.69) is 4.98 Å². The van der Waals surface area contributed by atoms with Gasteiger partial charge < -0.3 is 0 Å². The van der Waals surface area contributed by atoms with Gasteiger partial charge in [-0.05, 0) is 30.9 Å². The highest BCUT2D eigenvalue weighted by Gasteiger charge is 2.15. The molecule has 0 bridgehead atoms. The van der Waals surface area contributed by atoms with E-state index in [0.29, 0.717) is 5.69 Å². The van der Waals surface area contributed by atoms with Crippen LogP contribution in [-0.2, 0) is 0 Å². The molecule has 0 N–H and O–H groups in total. The van der Waals surface area contributed by atoms with Crippen LogP contribution in [-0.4, -0.2) is 10.8 Å². The molecule has 0 unspecified atom stereocenters. The number of ketones is 1. The van der Waals surface area contributed by atoms with E-state index in [1.165, 1.54) is 22.7 Å². The summed E-state index contributed by atoms with van der Waals surface area (Å²) in [6.07, 6.45) is 0. The molecule has 0 fully saturated rings. The van der Waals surface area contributed by atoms with Crippen molar-refractivity contribution in [3.8, 4) is 0 Å². The molecule has 2 aromatic rings. The lowest BCUT2D eigenvalue weighted by Crippen LogP contribution is -2.00. The SMILES string of the molecule is Cc1nc(C(=O)c2sccc2C)cs1. The number of carbonyl (C=O) groups excluding carboxylic acids is 1. The molecule has 0 aliphatic heterocycles. The molecule has 14 heavy (non-hydrogen) atoms. The van der Waals surface area contributed by atoms with Crippen LogP contribution in [0.2, 0.25) is 0 Å². The Hall–Kier alpha value is -1.00. The molecule has 2 rings (SSSR count). The number of carbonyl (C=O) groups is 1. The molecule has 0 saturated heterocycles. The van der Waals surface area contributed by atoms with E-state index in [1.54, 1.807) is 0 Å². The van der Waals surface area contributed by atoms with Gasteiger partial charge in [-0.15, -0.1) is 22.7 Å². The summed E-state index contributed by atoms with van der Waals surface area (Å²) in [4.78, 5) is 16.9. The van der Waals surface area contributed by atoms with Crippen LogP contribution >= 0.6 is 22.7 Å². The van der Waals surface area contributed by atoms with Gasteiger partial charge in [-0.2, -0.15) is 0 Å². The van der Waals surface area contributed by atoms with Crippen LogP contribution in [0.15, 0.2) is 16.8 Å². The predicted molar refractivity (Wildman–Crippen MR) is 59.3 cm³/mol. The summed E-state index contributed by atoms with van der Waals surface area (Å²) in [5, 5.41) is 4.68. The highest BCUT2D eigenvalue weighted by Crippen LogP contribution is 2.20. The summed E-state index contributed by atoms with van der Waals surface area (Å²) in [5.41, 5.74) is 1.60. The maximum absolute atomic E-state index is 11.9. The third-order valence-corrected chi connectivity index (χ3v) is 3.71. The van der Waals surface area contributed by atoms with Gasteiger partial charge in [0.05, 0.1) is 9.88 Å². The van der Waals surface area contributed by atoms with Crippen molar-refractivity contribution in [1.29, 1.82) is 0 Å². The lowest BCUT2D eigenvalue weighted by molar-refractivity contribution is 0.103. The molecule has 0 aliphatic carbocycles. The second-order valence-electron chi connectivity index (χ2n) is 3.01. The van der Waals surface area contributed by atoms with E-state index in [-0.39, 0.29) is 5.78 Å². The lowest BCUT2D eigenvalue weighted by atomic mass is 10.2. The Morgan fingerprint density at radius 2 is 2.14 bits per heavy atom. The minimum absolute atomic E-state index is 0.0434. The highest BCUT2D eigenvalue weighted by molar-refractivity contribution is 7.12. The zero-order chi connectivity index (χ0) is 10.1. The topological polar surface area (TPSA) is 30.0 Å². The Morgan fingerprint density at radius 1 is 1.36 bits per heavy atom. The highest BCUT2D eigenvalue weighted by atomic mass is 32.1. The minimum Gasteiger partial charge on any atom is -0.286 e. The van der Waals surface area contributed by atoms with Crippen LogP contribution in [0, 0.1) is 13.8 Å². The summed E-state index contributed by atoms with van der Waals surface area (Å²) >= 11 is 2.99. The molecule has 2 aromatic heterocycles. The maximum atomic E-state index is 11.9. The first kappa shape index (κ1) is 9.55. The van der Waals surface area contributed by atoms with Crippen LogP contribution in [0.4, 0.5) is 0 Å². The molecule has 0 aromatic carbocycles. The Morgan fingerprint density at radius 3 is 2.64 bits per heavy atom. The number of hydrogen-bond acceptors (Lipinski definition) is 4. The van der Waals surface area contributed by atoms with Crippen molar-refractivity contribution in [3.05, 3.63) is 38.0 Å². The summed E-state index contributed by atoms with van der Waals surface area (Å²) in [5.74, 6) is 0.0434. The van der Waals surface area contributed by atoms with Crippen LogP contribution in [0.25, 0.3) is 0 Å². The summed E-state index contributed by atoms with van der Waals surface area (Å²) in [6.45, 7) is 3.85. The summed E-state index contributed by atoms with van der Waals surface area (Å²) in [7, 11) is 0. The zero-order valence-electron chi connectivity index (χ0n) is 7.90. The maximum Gasteiger partial charge on any atom is 0.222 e. The van der Waals surface area contributed by atoms with Crippen molar-refractivity contribution in [2.75, 3.05) is 0 Å². The van der Waals surface area contributed by atoms with Crippen LogP contribution < -0.4 is 0 Å². The summed E-state index contributed by atoms with van der Waals surface area (Å²) < 4.78 is 0. The number of hydrogen-bond donors (Lipinski definition) is 0. The predicted octanol–water partition coefficient (Wildman–Crippen LogP) is 3.05. The van der Waals surface area contributed by atoms with E-state index >= 15 is 0 Å². The first-order chi connectivity index (χ1) is 6.68. The van der Waals surface area contributed by atoms with Crippen molar-refractivity contribution in [3.63, 3.8) is 0 Å². The zero-order valence-corrected chi connectivity index (χ0v) is 9.54. The first-order valence-corrected chi connectivity index (χ1v) is 5.95. The smallest absolute Gasteiger partial charge is 0.222 e. The first-order valence-electron chi connectivity index (χ1n) is 4.19. The van der Waals surface area contributed by atoms with Gasteiger partial charge in [0.25, 0.3) is 0 Å². The molecule has 72 valence electrons. The average Bonchev–Trinajstić information content (AvgIpc) is 2.73. The van der Waals surface area contributed by atoms with Crippen LogP contribution in [0.5, 0.6) is 0 Å². The van der Waals surface area contributed by atoms with Gasteiger partial charge in [-0.3, -0.25) is 4.79 Å². The molecule has 2 nitrogen and oxygen atoms in total. The Balaban J connectivity index is 2.38. The molecule has 0 aliphatic rings. The molecule has 0 saturated carbocycles. The molecule has 2 heterocycles. The molecule has 0 atom stereocenters. The third-order valence-electron chi connectivity index (χ3n) is 1.92. The fourth-order valence-electron chi connectivity index (χ4n) is 1.19. The Bertz CT molecular complexity index is 470. The number of nitrogens with zero attached hydrogens (tertiary/aromatic N) is 1. The van der Waals surface area contributed by atoms with E-state index in [9.17, 15) is 4.79 Å². The molecule has 0 amide bonds. The van der Waals surface area contributed by atoms with Crippen molar-refractivity contribution >= 4 is 28.5 Å². The number of aromatic nitrogens is 1. The second-order valence-corrected chi connectivity index (χ2v) is 4.99. The normalized spacial score (nSPS) is 10.4. The van der Waals surface area contributed by atoms with E-state index in [0.717, 1.165) is 15.4 Å². The van der Waals surface area contributed by atoms with Crippen molar-refractivity contribution in [2.45, 2.75) is 13.8 Å². The number of thiazole rings is 1. The number of aryl methyl sites for hydroxylation is 2. The molecular formula is C10H9NOS2. The van der Waals surface area contributed by atoms with E-state index in [1.807, 2.05) is 30.7 Å². The minimum atomic E-state index is 0.0434. The lowest BCUT2D eigenvalue weighted by Gasteiger charge is -1.94. The fourth-order valence-corrected chi connectivity index (χ4v) is 2.66. The number of thiophene rings is 1. The van der Waals surface area contributed by atoms with Crippen molar-refractivity contribution in [1.82, 2.24) is 4.98 Å². The average molecular weight is 223 g/mol. The molecular weight excluding hydrogens is 214 g/mol. The van der Waals surface area contributed by atoms with Gasteiger partial charge in [0.1, 0.15) is 5.69 Å². The molecule has 0 radical (unpaired) electrons. The third kappa shape index (κ3) is 1.63. The van der Waals surface area contributed by atoms with Crippen LogP contribution in [0.1, 0.15) is 25.9 Å².